The molecule has 0 aliphatic heterocycles. The molecule has 0 N–H and O–H groups in total. The first-order valence-corrected chi connectivity index (χ1v) is 32.9. The lowest BCUT2D eigenvalue weighted by Crippen LogP contribution is -2.48. The average Bonchev–Trinajstić information content (AvgIpc) is 1.48. The lowest BCUT2D eigenvalue weighted by atomic mass is 9.50. The predicted molar refractivity (Wildman–Crippen MR) is 341 cm³/mol. The van der Waals surface area contributed by atoms with Gasteiger partial charge in [-0.2, -0.15) is 0 Å². The summed E-state index contributed by atoms with van der Waals surface area (Å²) in [7, 11) is 0. The van der Waals surface area contributed by atoms with Gasteiger partial charge in [0.15, 0.2) is 20.4 Å². The molecule has 0 aromatic rings. The molecule has 10 bridgehead atoms. The molecule has 0 aromatic carbocycles. The Morgan fingerprint density at radius 2 is 0.782 bits per heavy atom. The fraction of sp³-hybridized carbons (Fsp3) is 0.917. The van der Waals surface area contributed by atoms with E-state index in [9.17, 15) is 28.8 Å². The fourth-order valence-corrected chi connectivity index (χ4v) is 17.4. The van der Waals surface area contributed by atoms with Crippen molar-refractivity contribution in [3.8, 4) is 0 Å². The summed E-state index contributed by atoms with van der Waals surface area (Å²) in [5.74, 6) is 3.04. The number of hydrogen-bond acceptors (Lipinski definition) is 15. The molecule has 0 aromatic heterocycles. The maximum absolute atomic E-state index is 12.7. The maximum atomic E-state index is 12.7. The molecule has 0 saturated heterocycles. The smallest absolute Gasteiger partial charge is 0.311 e. The Morgan fingerprint density at radius 3 is 1.11 bits per heavy atom. The molecule has 14 unspecified atom stereocenters. The van der Waals surface area contributed by atoms with Crippen LogP contribution in [0.4, 0.5) is 0 Å². The minimum absolute atomic E-state index is 0. The SMILES string of the molecule is C.C.C.C.C.C.CCC(C)(C)C(=O)OC1CC2CC(C(=O)OCOC3CCCCC3)C1C2.CCC(C)C(=O)OC1CC2CC(C(=O)OCOC3CCCCC3)C1C2.CCC(C)C(=O)OC1CC2CC(C(=O)OCOCC34CC5CC(CC(C5)C3)C4)C1C2. The molecule has 0 amide bonds. The Labute approximate surface area is 529 Å². The minimum atomic E-state index is -0.467. The molecule has 12 rings (SSSR count). The number of ether oxygens (including phenoxy) is 9. The molecule has 15 nitrogen and oxygen atoms in total. The van der Waals surface area contributed by atoms with Crippen LogP contribution in [-0.4, -0.2) is 93.3 Å². The molecule has 0 radical (unpaired) electrons. The van der Waals surface area contributed by atoms with Crippen LogP contribution in [0, 0.1) is 93.7 Å². The summed E-state index contributed by atoms with van der Waals surface area (Å²) >= 11 is 0. The number of fused-ring (bicyclic) bond motifs is 6. The van der Waals surface area contributed by atoms with Crippen molar-refractivity contribution in [1.82, 2.24) is 0 Å². The highest BCUT2D eigenvalue weighted by Gasteiger charge is 2.55. The standard InChI is InChI=1S/C25H38O5.C21H34O5.C20H32O5.6CH4/c1-3-15(2)23(26)30-22-9-16-7-20(22)21(8-16)24(27)29-14-28-13-25-10-17-4-18(11-25)6-19(5-17)12-25;1-4-21(2,3)20(23)26-18-12-14-10-16(18)17(11-14)19(22)25-13-24-15-8-6-5-7-9-15;1-3-13(2)19(21)25-18-11-14-9-16(18)17(10-14)20(22)24-12-23-15-7-5-4-6-8-15;;;;;;/h15-22H,3-14H2,1-2H3;14-18H,4-13H2,1-3H3;13-18H,3-12H2,1-2H3;6*1H4. The van der Waals surface area contributed by atoms with Crippen molar-refractivity contribution in [3.63, 3.8) is 0 Å². The fourth-order valence-electron chi connectivity index (χ4n) is 17.4. The molecular weight excluding hydrogens is 1100 g/mol. The molecule has 0 spiro atoms. The first kappa shape index (κ1) is 77.9. The van der Waals surface area contributed by atoms with Crippen molar-refractivity contribution >= 4 is 35.8 Å². The Bertz CT molecular complexity index is 2080. The van der Waals surface area contributed by atoms with E-state index >= 15 is 0 Å². The maximum Gasteiger partial charge on any atom is 0.311 e. The number of hydrogen-bond donors (Lipinski definition) is 0. The van der Waals surface area contributed by atoms with Crippen molar-refractivity contribution in [2.45, 2.75) is 303 Å². The van der Waals surface area contributed by atoms with E-state index in [4.69, 9.17) is 42.6 Å². The van der Waals surface area contributed by atoms with Crippen LogP contribution < -0.4 is 0 Å². The highest BCUT2D eigenvalue weighted by Crippen LogP contribution is 2.60. The van der Waals surface area contributed by atoms with Crippen LogP contribution in [0.5, 0.6) is 0 Å². The Balaban J connectivity index is 0.000000332. The second kappa shape index (κ2) is 35.5. The van der Waals surface area contributed by atoms with Crippen molar-refractivity contribution in [2.75, 3.05) is 27.0 Å². The van der Waals surface area contributed by atoms with Gasteiger partial charge >= 0.3 is 35.8 Å². The summed E-state index contributed by atoms with van der Waals surface area (Å²) in [4.78, 5) is 74.4. The van der Waals surface area contributed by atoms with Gasteiger partial charge in [0.05, 0.1) is 53.8 Å². The number of carbonyl (C=O) groups excluding carboxylic acids is 6. The minimum Gasteiger partial charge on any atom is -0.462 e. The van der Waals surface area contributed by atoms with E-state index in [-0.39, 0.29) is 179 Å². The van der Waals surface area contributed by atoms with E-state index in [1.807, 2.05) is 48.5 Å². The summed E-state index contributed by atoms with van der Waals surface area (Å²) in [6.07, 6.45) is 30.5. The second-order valence-corrected chi connectivity index (χ2v) is 28.6. The number of esters is 6. The molecule has 12 saturated carbocycles. The van der Waals surface area contributed by atoms with Crippen molar-refractivity contribution in [3.05, 3.63) is 0 Å². The van der Waals surface area contributed by atoms with E-state index in [1.165, 1.54) is 77.0 Å². The van der Waals surface area contributed by atoms with Crippen molar-refractivity contribution < 1.29 is 71.4 Å². The van der Waals surface area contributed by atoms with Gasteiger partial charge in [-0.3, -0.25) is 28.8 Å². The second-order valence-electron chi connectivity index (χ2n) is 28.6. The van der Waals surface area contributed by atoms with Gasteiger partial charge in [0.25, 0.3) is 0 Å². The Morgan fingerprint density at radius 1 is 0.437 bits per heavy atom. The summed E-state index contributed by atoms with van der Waals surface area (Å²) < 4.78 is 51.0. The highest BCUT2D eigenvalue weighted by atomic mass is 16.7. The van der Waals surface area contributed by atoms with E-state index in [0.717, 1.165) is 127 Å². The summed E-state index contributed by atoms with van der Waals surface area (Å²) in [5, 5.41) is 0. The summed E-state index contributed by atoms with van der Waals surface area (Å²) in [6.45, 7) is 14.5. The van der Waals surface area contributed by atoms with Gasteiger partial charge in [-0.05, 0) is 196 Å². The third-order valence-corrected chi connectivity index (χ3v) is 22.4. The number of rotatable bonds is 22. The van der Waals surface area contributed by atoms with E-state index < -0.39 is 5.41 Å². The molecule has 87 heavy (non-hydrogen) atoms. The van der Waals surface area contributed by atoms with Gasteiger partial charge in [-0.1, -0.05) is 118 Å². The van der Waals surface area contributed by atoms with Crippen molar-refractivity contribution in [2.24, 2.45) is 93.7 Å². The van der Waals surface area contributed by atoms with E-state index in [0.29, 0.717) is 23.2 Å². The van der Waals surface area contributed by atoms with Gasteiger partial charge < -0.3 is 42.6 Å². The molecule has 0 heterocycles. The highest BCUT2D eigenvalue weighted by molar-refractivity contribution is 5.77. The van der Waals surface area contributed by atoms with Crippen LogP contribution in [0.2, 0.25) is 0 Å². The largest absolute Gasteiger partial charge is 0.462 e. The molecular formula is C72H128O15. The van der Waals surface area contributed by atoms with Gasteiger partial charge in [-0.25, -0.2) is 0 Å². The van der Waals surface area contributed by atoms with E-state index in [1.54, 1.807) is 0 Å². The van der Waals surface area contributed by atoms with Gasteiger partial charge in [0.1, 0.15) is 18.3 Å². The summed E-state index contributed by atoms with van der Waals surface area (Å²) in [5.41, 5.74) is -0.117. The lowest BCUT2D eigenvalue weighted by molar-refractivity contribution is -0.176. The van der Waals surface area contributed by atoms with Crippen LogP contribution in [-0.2, 0) is 71.4 Å². The van der Waals surface area contributed by atoms with Crippen LogP contribution in [0.3, 0.4) is 0 Å². The first-order chi connectivity index (χ1) is 38.9. The normalized spacial score (nSPS) is 34.3. The zero-order valence-corrected chi connectivity index (χ0v) is 50.7. The molecule has 14 atom stereocenters. The van der Waals surface area contributed by atoms with Gasteiger partial charge in [-0.15, -0.1) is 0 Å². The van der Waals surface area contributed by atoms with E-state index in [2.05, 4.69) is 0 Å². The average molecular weight is 1230 g/mol. The van der Waals surface area contributed by atoms with Crippen molar-refractivity contribution in [1.29, 1.82) is 0 Å². The van der Waals surface area contributed by atoms with Crippen LogP contribution in [0.1, 0.15) is 273 Å². The van der Waals surface area contributed by atoms with Gasteiger partial charge in [0.2, 0.25) is 0 Å². The summed E-state index contributed by atoms with van der Waals surface area (Å²) in [6, 6.07) is 0. The molecule has 15 heteroatoms. The third-order valence-electron chi connectivity index (χ3n) is 22.4. The molecule has 12 fully saturated rings. The zero-order chi connectivity index (χ0) is 57.4. The predicted octanol–water partition coefficient (Wildman–Crippen LogP) is 16.6. The monoisotopic (exact) mass is 1230 g/mol. The quantitative estimate of drug-likeness (QED) is 0.0431. The topological polar surface area (TPSA) is 185 Å². The molecule has 12 aliphatic carbocycles. The molecule has 506 valence electrons. The number of carbonyl (C=O) groups is 6. The van der Waals surface area contributed by atoms with Crippen LogP contribution >= 0.6 is 0 Å². The lowest BCUT2D eigenvalue weighted by Gasteiger charge is -2.56. The molecule has 12 aliphatic rings. The zero-order valence-electron chi connectivity index (χ0n) is 50.7. The van der Waals surface area contributed by atoms with Crippen LogP contribution in [0.25, 0.3) is 0 Å². The Kier molecular flexibility index (Phi) is 31.8. The van der Waals surface area contributed by atoms with Crippen LogP contribution in [0.15, 0.2) is 0 Å². The Hall–Kier alpha value is -3.30. The first-order valence-electron chi connectivity index (χ1n) is 32.9. The third kappa shape index (κ3) is 19.9. The van der Waals surface area contributed by atoms with Gasteiger partial charge in [0, 0.05) is 17.8 Å².